The minimum Gasteiger partial charge on any atom is -0.478 e. The van der Waals surface area contributed by atoms with Gasteiger partial charge in [-0.1, -0.05) is 24.3 Å². The van der Waals surface area contributed by atoms with Crippen LogP contribution in [0.5, 0.6) is 0 Å². The second-order valence-electron chi connectivity index (χ2n) is 7.08. The summed E-state index contributed by atoms with van der Waals surface area (Å²) in [4.78, 5) is 13.8. The van der Waals surface area contributed by atoms with Crippen LogP contribution >= 0.6 is 0 Å². The fraction of sp³-hybridized carbons (Fsp3) is 0.174. The van der Waals surface area contributed by atoms with Gasteiger partial charge in [0.1, 0.15) is 0 Å². The summed E-state index contributed by atoms with van der Waals surface area (Å²) >= 11 is 0. The maximum atomic E-state index is 11.4. The Morgan fingerprint density at radius 1 is 0.926 bits per heavy atom. The molecule has 0 amide bonds. The Kier molecular flexibility index (Phi) is 4.32. The molecule has 4 rings (SSSR count). The average molecular weight is 358 g/mol. The molecule has 1 aliphatic rings. The summed E-state index contributed by atoms with van der Waals surface area (Å²) in [6, 6.07) is 19.8. The predicted octanol–water partition coefficient (Wildman–Crippen LogP) is 5.27. The maximum Gasteiger partial charge on any atom is 0.337 e. The van der Waals surface area contributed by atoms with E-state index in [0.717, 1.165) is 18.8 Å². The van der Waals surface area contributed by atoms with E-state index in [4.69, 9.17) is 0 Å². The molecule has 0 radical (unpaired) electrons. The first-order chi connectivity index (χ1) is 13.0. The van der Waals surface area contributed by atoms with Crippen LogP contribution in [0.2, 0.25) is 0 Å². The number of nitrogens with zero attached hydrogens (tertiary/aromatic N) is 1. The Bertz CT molecular complexity index is 1030. The van der Waals surface area contributed by atoms with E-state index in [-0.39, 0.29) is 5.56 Å². The molecule has 4 nitrogen and oxygen atoms in total. The Labute approximate surface area is 159 Å². The highest BCUT2D eigenvalue weighted by Crippen LogP contribution is 2.32. The third kappa shape index (κ3) is 3.38. The Morgan fingerprint density at radius 3 is 2.48 bits per heavy atom. The number of aromatic carboxylic acids is 1. The molecule has 4 heteroatoms. The van der Waals surface area contributed by atoms with E-state index in [1.54, 1.807) is 18.2 Å². The number of carboxylic acid groups (broad SMARTS) is 1. The van der Waals surface area contributed by atoms with E-state index in [9.17, 15) is 9.90 Å². The largest absolute Gasteiger partial charge is 0.478 e. The monoisotopic (exact) mass is 358 g/mol. The lowest BCUT2D eigenvalue weighted by atomic mass is 10.1. The van der Waals surface area contributed by atoms with Crippen LogP contribution in [0.4, 0.5) is 17.1 Å². The Morgan fingerprint density at radius 2 is 1.70 bits per heavy atom. The smallest absolute Gasteiger partial charge is 0.337 e. The van der Waals surface area contributed by atoms with Gasteiger partial charge in [0.2, 0.25) is 0 Å². The number of aryl methyl sites for hydroxylation is 2. The number of benzene rings is 3. The third-order valence-corrected chi connectivity index (χ3v) is 5.22. The van der Waals surface area contributed by atoms with Crippen molar-refractivity contribution in [2.75, 3.05) is 10.2 Å². The second kappa shape index (κ2) is 6.80. The summed E-state index contributed by atoms with van der Waals surface area (Å²) in [5.41, 5.74) is 8.21. The number of nitrogens with one attached hydrogen (secondary N) is 1. The number of carboxylic acids is 1. The molecule has 3 aromatic rings. The molecular formula is C23H22N2O2. The number of carbonyl (C=O) groups is 1. The fourth-order valence-electron chi connectivity index (χ4n) is 3.51. The van der Waals surface area contributed by atoms with Gasteiger partial charge in [0.05, 0.1) is 11.3 Å². The number of anilines is 3. The Balaban J connectivity index is 1.57. The van der Waals surface area contributed by atoms with Gasteiger partial charge in [0, 0.05) is 24.5 Å². The minimum absolute atomic E-state index is 0.273. The first kappa shape index (κ1) is 17.2. The molecular weight excluding hydrogens is 336 g/mol. The van der Waals surface area contributed by atoms with Gasteiger partial charge in [-0.15, -0.1) is 0 Å². The van der Waals surface area contributed by atoms with Gasteiger partial charge in [0.15, 0.2) is 0 Å². The van der Waals surface area contributed by atoms with Crippen LogP contribution in [-0.4, -0.2) is 11.1 Å². The van der Waals surface area contributed by atoms with Crippen LogP contribution in [-0.2, 0) is 13.1 Å². The van der Waals surface area contributed by atoms with Gasteiger partial charge in [-0.25, -0.2) is 4.79 Å². The van der Waals surface area contributed by atoms with Gasteiger partial charge in [-0.05, 0) is 72.5 Å². The highest BCUT2D eigenvalue weighted by atomic mass is 16.4. The maximum absolute atomic E-state index is 11.4. The molecule has 0 unspecified atom stereocenters. The van der Waals surface area contributed by atoms with Crippen molar-refractivity contribution in [1.82, 2.24) is 0 Å². The zero-order valence-electron chi connectivity index (χ0n) is 15.5. The molecule has 0 saturated carbocycles. The first-order valence-electron chi connectivity index (χ1n) is 9.04. The van der Waals surface area contributed by atoms with Crippen molar-refractivity contribution in [2.24, 2.45) is 0 Å². The zero-order chi connectivity index (χ0) is 19.0. The van der Waals surface area contributed by atoms with Crippen LogP contribution in [0.15, 0.2) is 60.7 Å². The molecule has 2 N–H and O–H groups in total. The number of rotatable bonds is 4. The highest BCUT2D eigenvalue weighted by Gasteiger charge is 2.20. The number of fused-ring (bicyclic) bond motifs is 1. The molecule has 1 aliphatic heterocycles. The van der Waals surface area contributed by atoms with Crippen LogP contribution in [0.25, 0.3) is 0 Å². The number of para-hydroxylation sites is 1. The zero-order valence-corrected chi connectivity index (χ0v) is 15.5. The molecule has 0 saturated heterocycles. The fourth-order valence-corrected chi connectivity index (χ4v) is 3.51. The SMILES string of the molecule is Cc1ccc(N2Cc3ccc(Nc4ccccc4C(=O)O)cc3C2)cc1C. The van der Waals surface area contributed by atoms with Crippen molar-refractivity contribution < 1.29 is 9.90 Å². The van der Waals surface area contributed by atoms with Crippen molar-refractivity contribution in [3.8, 4) is 0 Å². The summed E-state index contributed by atoms with van der Waals surface area (Å²) in [5.74, 6) is -0.930. The molecule has 3 aromatic carbocycles. The van der Waals surface area contributed by atoms with Crippen LogP contribution < -0.4 is 10.2 Å². The van der Waals surface area contributed by atoms with Gasteiger partial charge in [-0.3, -0.25) is 0 Å². The lowest BCUT2D eigenvalue weighted by Gasteiger charge is -2.18. The van der Waals surface area contributed by atoms with Crippen LogP contribution in [0, 0.1) is 13.8 Å². The quantitative estimate of drug-likeness (QED) is 0.667. The number of hydrogen-bond donors (Lipinski definition) is 2. The van der Waals surface area contributed by atoms with Crippen molar-refractivity contribution in [3.05, 3.63) is 88.5 Å². The van der Waals surface area contributed by atoms with Crippen molar-refractivity contribution in [3.63, 3.8) is 0 Å². The Hall–Kier alpha value is -3.27. The van der Waals surface area contributed by atoms with Crippen molar-refractivity contribution in [1.29, 1.82) is 0 Å². The molecule has 136 valence electrons. The standard InChI is InChI=1S/C23H22N2O2/c1-15-7-10-20(11-16(15)2)25-13-17-8-9-19(12-18(17)14-25)24-22-6-4-3-5-21(22)23(26)27/h3-12,24H,13-14H2,1-2H3,(H,26,27). The minimum atomic E-state index is -0.930. The summed E-state index contributed by atoms with van der Waals surface area (Å²) < 4.78 is 0. The molecule has 0 atom stereocenters. The summed E-state index contributed by atoms with van der Waals surface area (Å²) in [7, 11) is 0. The molecule has 0 spiro atoms. The predicted molar refractivity (Wildman–Crippen MR) is 109 cm³/mol. The number of hydrogen-bond acceptors (Lipinski definition) is 3. The van der Waals surface area contributed by atoms with Crippen molar-refractivity contribution in [2.45, 2.75) is 26.9 Å². The van der Waals surface area contributed by atoms with Gasteiger partial charge < -0.3 is 15.3 Å². The summed E-state index contributed by atoms with van der Waals surface area (Å²) in [5, 5.41) is 12.6. The molecule has 0 aliphatic carbocycles. The van der Waals surface area contributed by atoms with E-state index in [1.165, 1.54) is 27.9 Å². The summed E-state index contributed by atoms with van der Waals surface area (Å²) in [6.07, 6.45) is 0. The van der Waals surface area contributed by atoms with E-state index in [0.29, 0.717) is 5.69 Å². The normalized spacial score (nSPS) is 12.7. The first-order valence-corrected chi connectivity index (χ1v) is 9.04. The second-order valence-corrected chi connectivity index (χ2v) is 7.08. The van der Waals surface area contributed by atoms with Gasteiger partial charge in [-0.2, -0.15) is 0 Å². The van der Waals surface area contributed by atoms with Gasteiger partial charge in [0.25, 0.3) is 0 Å². The van der Waals surface area contributed by atoms with Gasteiger partial charge >= 0.3 is 5.97 Å². The lowest BCUT2D eigenvalue weighted by Crippen LogP contribution is -2.14. The van der Waals surface area contributed by atoms with Crippen LogP contribution in [0.3, 0.4) is 0 Å². The van der Waals surface area contributed by atoms with E-state index < -0.39 is 5.97 Å². The molecule has 27 heavy (non-hydrogen) atoms. The molecule has 0 bridgehead atoms. The van der Waals surface area contributed by atoms with E-state index in [2.05, 4.69) is 54.4 Å². The molecule has 0 fully saturated rings. The van der Waals surface area contributed by atoms with Crippen molar-refractivity contribution >= 4 is 23.0 Å². The van der Waals surface area contributed by atoms with E-state index in [1.807, 2.05) is 12.1 Å². The van der Waals surface area contributed by atoms with E-state index >= 15 is 0 Å². The topological polar surface area (TPSA) is 52.6 Å². The molecule has 1 heterocycles. The highest BCUT2D eigenvalue weighted by molar-refractivity contribution is 5.95. The molecule has 0 aromatic heterocycles. The van der Waals surface area contributed by atoms with Crippen LogP contribution in [0.1, 0.15) is 32.6 Å². The third-order valence-electron chi connectivity index (χ3n) is 5.22. The lowest BCUT2D eigenvalue weighted by molar-refractivity contribution is 0.0698. The summed E-state index contributed by atoms with van der Waals surface area (Å²) in [6.45, 7) is 6.02. The average Bonchev–Trinajstić information content (AvgIpc) is 3.07.